The Labute approximate surface area is 60.7 Å². The van der Waals surface area contributed by atoms with Crippen LogP contribution in [0.3, 0.4) is 0 Å². The molecular weight excluding hydrogens is 148 g/mol. The van der Waals surface area contributed by atoms with Gasteiger partial charge in [0.05, 0.1) is 16.7 Å². The molecule has 0 atom stereocenters. The summed E-state index contributed by atoms with van der Waals surface area (Å²) in [5.41, 5.74) is 0.937. The average molecular weight is 152 g/mol. The van der Waals surface area contributed by atoms with Gasteiger partial charge in [-0.3, -0.25) is 4.79 Å². The fourth-order valence-corrected chi connectivity index (χ4v) is 1.60. The summed E-state index contributed by atoms with van der Waals surface area (Å²) in [6, 6.07) is 1.79. The number of hydrogen-bond acceptors (Lipinski definition) is 3. The van der Waals surface area contributed by atoms with Crippen LogP contribution in [0, 0.1) is 0 Å². The van der Waals surface area contributed by atoms with Crippen molar-refractivity contribution < 1.29 is 4.79 Å². The summed E-state index contributed by atoms with van der Waals surface area (Å²) >= 11 is 1.39. The third kappa shape index (κ3) is 0.657. The Bertz CT molecular complexity index is 334. The third-order valence-corrected chi connectivity index (χ3v) is 2.22. The minimum absolute atomic E-state index is 0.717. The lowest BCUT2D eigenvalue weighted by molar-refractivity contribution is 0.112. The molecule has 0 radical (unpaired) electrons. The van der Waals surface area contributed by atoms with Crippen LogP contribution in [0.15, 0.2) is 12.4 Å². The summed E-state index contributed by atoms with van der Waals surface area (Å²) < 4.78 is 0. The average Bonchev–Trinajstić information content (AvgIpc) is 2.42. The highest BCUT2D eigenvalue weighted by molar-refractivity contribution is 7.20. The van der Waals surface area contributed by atoms with Crippen molar-refractivity contribution in [2.75, 3.05) is 0 Å². The van der Waals surface area contributed by atoms with Gasteiger partial charge in [0, 0.05) is 0 Å². The molecule has 0 aromatic carbocycles. The van der Waals surface area contributed by atoms with Gasteiger partial charge in [0.15, 0.2) is 6.29 Å². The third-order valence-electron chi connectivity index (χ3n) is 1.25. The summed E-state index contributed by atoms with van der Waals surface area (Å²) in [4.78, 5) is 18.8. The first-order valence-corrected chi connectivity index (χ1v) is 3.60. The van der Waals surface area contributed by atoms with E-state index in [9.17, 15) is 4.79 Å². The van der Waals surface area contributed by atoms with E-state index in [0.29, 0.717) is 4.88 Å². The second-order valence-corrected chi connectivity index (χ2v) is 2.95. The van der Waals surface area contributed by atoms with Gasteiger partial charge in [-0.25, -0.2) is 4.98 Å². The van der Waals surface area contributed by atoms with Crippen molar-refractivity contribution >= 4 is 28.0 Å². The lowest BCUT2D eigenvalue weighted by Gasteiger charge is -1.69. The van der Waals surface area contributed by atoms with Gasteiger partial charge in [0.2, 0.25) is 0 Å². The Morgan fingerprint density at radius 3 is 3.30 bits per heavy atom. The van der Waals surface area contributed by atoms with Gasteiger partial charge >= 0.3 is 0 Å². The summed E-state index contributed by atoms with van der Waals surface area (Å²) in [5.74, 6) is 0. The number of nitrogens with one attached hydrogen (secondary N) is 1. The molecule has 0 amide bonds. The normalized spacial score (nSPS) is 10.4. The largest absolute Gasteiger partial charge is 0.344 e. The first kappa shape index (κ1) is 5.61. The molecule has 0 aliphatic rings. The number of H-pyrrole nitrogens is 1. The number of thiophene rings is 1. The van der Waals surface area contributed by atoms with Gasteiger partial charge in [0.1, 0.15) is 4.83 Å². The number of aromatic nitrogens is 2. The zero-order valence-electron chi connectivity index (χ0n) is 5.00. The highest BCUT2D eigenvalue weighted by Crippen LogP contribution is 2.19. The van der Waals surface area contributed by atoms with Crippen molar-refractivity contribution in [2.45, 2.75) is 0 Å². The molecule has 3 nitrogen and oxygen atoms in total. The summed E-state index contributed by atoms with van der Waals surface area (Å²) in [5, 5.41) is 0. The molecule has 1 N–H and O–H groups in total. The van der Waals surface area contributed by atoms with E-state index in [1.807, 2.05) is 0 Å². The van der Waals surface area contributed by atoms with Crippen LogP contribution < -0.4 is 0 Å². The Balaban J connectivity index is 2.78. The van der Waals surface area contributed by atoms with Crippen molar-refractivity contribution in [3.05, 3.63) is 17.3 Å². The monoisotopic (exact) mass is 152 g/mol. The number of carbonyl (C=O) groups excluding carboxylic acids is 1. The number of hydrogen-bond donors (Lipinski definition) is 1. The number of imidazole rings is 1. The van der Waals surface area contributed by atoms with Crippen molar-refractivity contribution in [3.63, 3.8) is 0 Å². The van der Waals surface area contributed by atoms with E-state index in [2.05, 4.69) is 9.97 Å². The molecule has 0 saturated heterocycles. The zero-order valence-corrected chi connectivity index (χ0v) is 5.81. The maximum atomic E-state index is 10.2. The van der Waals surface area contributed by atoms with Crippen LogP contribution in [0.4, 0.5) is 0 Å². The van der Waals surface area contributed by atoms with Crippen molar-refractivity contribution in [1.29, 1.82) is 0 Å². The smallest absolute Gasteiger partial charge is 0.160 e. The maximum absolute atomic E-state index is 10.2. The Kier molecular flexibility index (Phi) is 1.07. The number of carbonyl (C=O) groups is 1. The van der Waals surface area contributed by atoms with E-state index in [4.69, 9.17) is 0 Å². The van der Waals surface area contributed by atoms with Crippen molar-refractivity contribution in [3.8, 4) is 0 Å². The topological polar surface area (TPSA) is 45.8 Å². The molecule has 2 rings (SSSR count). The molecule has 0 aliphatic carbocycles. The van der Waals surface area contributed by atoms with Crippen LogP contribution in [0.5, 0.6) is 0 Å². The number of fused-ring (bicyclic) bond motifs is 1. The summed E-state index contributed by atoms with van der Waals surface area (Å²) in [7, 11) is 0. The van der Waals surface area contributed by atoms with Crippen LogP contribution >= 0.6 is 11.3 Å². The standard InChI is InChI=1S/C6H4N2OS/c9-2-4-1-5-6(10-4)8-3-7-5/h1-3H,(H,7,8). The molecule has 0 saturated carbocycles. The summed E-state index contributed by atoms with van der Waals surface area (Å²) in [6.07, 6.45) is 2.45. The van der Waals surface area contributed by atoms with Crippen LogP contribution in [0.25, 0.3) is 10.3 Å². The maximum Gasteiger partial charge on any atom is 0.160 e. The predicted molar refractivity (Wildman–Crippen MR) is 39.4 cm³/mol. The number of aldehydes is 1. The zero-order chi connectivity index (χ0) is 6.97. The molecule has 0 spiro atoms. The van der Waals surface area contributed by atoms with Crippen molar-refractivity contribution in [2.24, 2.45) is 0 Å². The minimum Gasteiger partial charge on any atom is -0.344 e. The Morgan fingerprint density at radius 2 is 2.60 bits per heavy atom. The summed E-state index contributed by atoms with van der Waals surface area (Å²) in [6.45, 7) is 0. The molecule has 0 fully saturated rings. The Morgan fingerprint density at radius 1 is 1.70 bits per heavy atom. The van der Waals surface area contributed by atoms with Gasteiger partial charge in [-0.1, -0.05) is 0 Å². The number of nitrogens with zero attached hydrogens (tertiary/aromatic N) is 1. The molecule has 0 bridgehead atoms. The molecular formula is C6H4N2OS. The first-order valence-electron chi connectivity index (χ1n) is 2.78. The van der Waals surface area contributed by atoms with Crippen LogP contribution in [0.2, 0.25) is 0 Å². The second-order valence-electron chi connectivity index (χ2n) is 1.89. The molecule has 2 heterocycles. The molecule has 0 unspecified atom stereocenters. The van der Waals surface area contributed by atoms with Gasteiger partial charge in [-0.2, -0.15) is 0 Å². The van der Waals surface area contributed by atoms with Crippen LogP contribution in [-0.4, -0.2) is 16.3 Å². The quantitative estimate of drug-likeness (QED) is 0.628. The second kappa shape index (κ2) is 1.91. The highest BCUT2D eigenvalue weighted by atomic mass is 32.1. The SMILES string of the molecule is O=Cc1cc2[nH]cnc2s1. The number of rotatable bonds is 1. The van der Waals surface area contributed by atoms with E-state index < -0.39 is 0 Å². The lowest BCUT2D eigenvalue weighted by atomic mass is 10.5. The molecule has 2 aromatic rings. The first-order chi connectivity index (χ1) is 4.90. The number of aromatic amines is 1. The van der Waals surface area contributed by atoms with E-state index in [0.717, 1.165) is 16.6 Å². The fraction of sp³-hybridized carbons (Fsp3) is 0. The van der Waals surface area contributed by atoms with Crippen LogP contribution in [-0.2, 0) is 0 Å². The van der Waals surface area contributed by atoms with E-state index >= 15 is 0 Å². The van der Waals surface area contributed by atoms with Gasteiger partial charge in [0.25, 0.3) is 0 Å². The predicted octanol–water partition coefficient (Wildman–Crippen LogP) is 1.44. The molecule has 4 heteroatoms. The van der Waals surface area contributed by atoms with Gasteiger partial charge in [-0.05, 0) is 6.07 Å². The molecule has 10 heavy (non-hydrogen) atoms. The van der Waals surface area contributed by atoms with Gasteiger partial charge < -0.3 is 4.98 Å². The van der Waals surface area contributed by atoms with Gasteiger partial charge in [-0.15, -0.1) is 11.3 Å². The molecule has 2 aromatic heterocycles. The lowest BCUT2D eigenvalue weighted by Crippen LogP contribution is -1.64. The van der Waals surface area contributed by atoms with E-state index in [1.54, 1.807) is 12.4 Å². The molecule has 50 valence electrons. The Hall–Kier alpha value is -1.16. The highest BCUT2D eigenvalue weighted by Gasteiger charge is 2.00. The van der Waals surface area contributed by atoms with Crippen LogP contribution in [0.1, 0.15) is 9.67 Å². The fourth-order valence-electron chi connectivity index (χ4n) is 0.818. The molecule has 0 aliphatic heterocycles. The minimum atomic E-state index is 0.717. The van der Waals surface area contributed by atoms with E-state index in [-0.39, 0.29) is 0 Å². The van der Waals surface area contributed by atoms with Crippen molar-refractivity contribution in [1.82, 2.24) is 9.97 Å². The van der Waals surface area contributed by atoms with E-state index in [1.165, 1.54) is 11.3 Å².